The molecule has 2 rings (SSSR count). The fourth-order valence-corrected chi connectivity index (χ4v) is 2.44. The number of rotatable bonds is 3. The SMILES string of the molecule is COC(=O)[C@@H]1CCCCN1C(=O)c1ccn(C(C)C)n1. The molecule has 1 aromatic heterocycles. The van der Waals surface area contributed by atoms with E-state index in [1.165, 1.54) is 7.11 Å². The van der Waals surface area contributed by atoms with Crippen LogP contribution in [-0.4, -0.2) is 46.3 Å². The van der Waals surface area contributed by atoms with E-state index < -0.39 is 6.04 Å². The molecule has 1 aromatic rings. The summed E-state index contributed by atoms with van der Waals surface area (Å²) in [6, 6.07) is 1.42. The highest BCUT2D eigenvalue weighted by Crippen LogP contribution is 2.20. The number of carbonyl (C=O) groups is 2. The molecule has 0 saturated carbocycles. The third-order valence-corrected chi connectivity index (χ3v) is 3.59. The van der Waals surface area contributed by atoms with Crippen molar-refractivity contribution >= 4 is 11.9 Å². The van der Waals surface area contributed by atoms with E-state index in [1.54, 1.807) is 21.8 Å². The van der Waals surface area contributed by atoms with Crippen molar-refractivity contribution in [3.8, 4) is 0 Å². The molecule has 6 nitrogen and oxygen atoms in total. The molecule has 1 aliphatic heterocycles. The van der Waals surface area contributed by atoms with Gasteiger partial charge in [0.1, 0.15) is 11.7 Å². The fourth-order valence-electron chi connectivity index (χ4n) is 2.44. The average Bonchev–Trinajstić information content (AvgIpc) is 2.95. The van der Waals surface area contributed by atoms with Crippen LogP contribution in [0.15, 0.2) is 12.3 Å². The van der Waals surface area contributed by atoms with Crippen molar-refractivity contribution in [1.29, 1.82) is 0 Å². The summed E-state index contributed by atoms with van der Waals surface area (Å²) in [6.45, 7) is 4.58. The Labute approximate surface area is 118 Å². The van der Waals surface area contributed by atoms with Crippen molar-refractivity contribution in [3.63, 3.8) is 0 Å². The predicted octanol–water partition coefficient (Wildman–Crippen LogP) is 1.63. The molecule has 20 heavy (non-hydrogen) atoms. The lowest BCUT2D eigenvalue weighted by molar-refractivity contribution is -0.147. The Kier molecular flexibility index (Phi) is 4.42. The highest BCUT2D eigenvalue weighted by Gasteiger charge is 2.34. The number of nitrogens with zero attached hydrogens (tertiary/aromatic N) is 3. The van der Waals surface area contributed by atoms with E-state index in [0.29, 0.717) is 18.7 Å². The molecule has 0 unspecified atom stereocenters. The lowest BCUT2D eigenvalue weighted by Crippen LogP contribution is -2.48. The van der Waals surface area contributed by atoms with Crippen molar-refractivity contribution < 1.29 is 14.3 Å². The van der Waals surface area contributed by atoms with Gasteiger partial charge >= 0.3 is 5.97 Å². The molecular formula is C14H21N3O3. The second-order valence-electron chi connectivity index (χ2n) is 5.31. The van der Waals surface area contributed by atoms with E-state index in [9.17, 15) is 9.59 Å². The van der Waals surface area contributed by atoms with Crippen LogP contribution in [0.4, 0.5) is 0 Å². The molecule has 0 aliphatic carbocycles. The monoisotopic (exact) mass is 279 g/mol. The summed E-state index contributed by atoms with van der Waals surface area (Å²) in [4.78, 5) is 25.9. The van der Waals surface area contributed by atoms with Crippen molar-refractivity contribution in [2.24, 2.45) is 0 Å². The lowest BCUT2D eigenvalue weighted by Gasteiger charge is -2.33. The molecule has 1 amide bonds. The van der Waals surface area contributed by atoms with Gasteiger partial charge in [-0.25, -0.2) is 4.79 Å². The van der Waals surface area contributed by atoms with Crippen LogP contribution in [0, 0.1) is 0 Å². The first-order valence-electron chi connectivity index (χ1n) is 6.98. The maximum Gasteiger partial charge on any atom is 0.328 e. The molecule has 0 spiro atoms. The van der Waals surface area contributed by atoms with Gasteiger partial charge in [0.25, 0.3) is 5.91 Å². The molecule has 1 saturated heterocycles. The average molecular weight is 279 g/mol. The van der Waals surface area contributed by atoms with Crippen LogP contribution >= 0.6 is 0 Å². The van der Waals surface area contributed by atoms with Gasteiger partial charge in [-0.3, -0.25) is 9.48 Å². The number of esters is 1. The summed E-state index contributed by atoms with van der Waals surface area (Å²) in [5.41, 5.74) is 0.384. The topological polar surface area (TPSA) is 64.4 Å². The Morgan fingerprint density at radius 2 is 2.15 bits per heavy atom. The molecule has 1 atom stereocenters. The highest BCUT2D eigenvalue weighted by molar-refractivity contribution is 5.95. The van der Waals surface area contributed by atoms with Gasteiger partial charge in [0.05, 0.1) is 7.11 Å². The van der Waals surface area contributed by atoms with E-state index in [1.807, 2.05) is 13.8 Å². The Morgan fingerprint density at radius 3 is 2.75 bits per heavy atom. The van der Waals surface area contributed by atoms with Gasteiger partial charge in [-0.15, -0.1) is 0 Å². The Hall–Kier alpha value is -1.85. The minimum atomic E-state index is -0.481. The highest BCUT2D eigenvalue weighted by atomic mass is 16.5. The summed E-state index contributed by atoms with van der Waals surface area (Å²) in [5, 5.41) is 4.28. The second-order valence-corrected chi connectivity index (χ2v) is 5.31. The second kappa shape index (κ2) is 6.07. The molecule has 0 bridgehead atoms. The van der Waals surface area contributed by atoms with Crippen LogP contribution in [0.2, 0.25) is 0 Å². The van der Waals surface area contributed by atoms with Crippen molar-refractivity contribution in [1.82, 2.24) is 14.7 Å². The molecule has 0 aromatic carbocycles. The molecule has 0 radical (unpaired) electrons. The Bertz CT molecular complexity index is 496. The van der Waals surface area contributed by atoms with E-state index in [-0.39, 0.29) is 17.9 Å². The number of aromatic nitrogens is 2. The van der Waals surface area contributed by atoms with E-state index >= 15 is 0 Å². The smallest absolute Gasteiger partial charge is 0.328 e. The standard InChI is InChI=1S/C14H21N3O3/c1-10(2)17-9-7-11(15-17)13(18)16-8-5-4-6-12(16)14(19)20-3/h7,9-10,12H,4-6,8H2,1-3H3/t12-/m0/s1. The zero-order chi connectivity index (χ0) is 14.7. The fraction of sp³-hybridized carbons (Fsp3) is 0.643. The van der Waals surface area contributed by atoms with Crippen LogP contribution in [0.25, 0.3) is 0 Å². The molecule has 1 fully saturated rings. The van der Waals surface area contributed by atoms with Crippen LogP contribution < -0.4 is 0 Å². The zero-order valence-corrected chi connectivity index (χ0v) is 12.2. The molecular weight excluding hydrogens is 258 g/mol. The number of carbonyl (C=O) groups excluding carboxylic acids is 2. The Balaban J connectivity index is 2.18. The minimum Gasteiger partial charge on any atom is -0.467 e. The summed E-state index contributed by atoms with van der Waals surface area (Å²) >= 11 is 0. The molecule has 110 valence electrons. The number of ether oxygens (including phenoxy) is 1. The van der Waals surface area contributed by atoms with Crippen LogP contribution in [0.1, 0.15) is 49.6 Å². The first-order valence-corrected chi connectivity index (χ1v) is 6.98. The first-order chi connectivity index (χ1) is 9.54. The number of likely N-dealkylation sites (tertiary alicyclic amines) is 1. The molecule has 2 heterocycles. The summed E-state index contributed by atoms with van der Waals surface area (Å²) in [6.07, 6.45) is 4.28. The normalized spacial score (nSPS) is 19.2. The molecule has 1 aliphatic rings. The maximum absolute atomic E-state index is 12.5. The first kappa shape index (κ1) is 14.6. The Morgan fingerprint density at radius 1 is 1.40 bits per heavy atom. The van der Waals surface area contributed by atoms with Gasteiger partial charge < -0.3 is 9.64 Å². The van der Waals surface area contributed by atoms with Gasteiger partial charge in [-0.2, -0.15) is 5.10 Å². The van der Waals surface area contributed by atoms with Crippen molar-refractivity contribution in [3.05, 3.63) is 18.0 Å². The third kappa shape index (κ3) is 2.84. The van der Waals surface area contributed by atoms with Gasteiger partial charge in [-0.05, 0) is 39.2 Å². The lowest BCUT2D eigenvalue weighted by atomic mass is 10.0. The van der Waals surface area contributed by atoms with Gasteiger partial charge in [0, 0.05) is 18.8 Å². The van der Waals surface area contributed by atoms with Crippen LogP contribution in [0.5, 0.6) is 0 Å². The predicted molar refractivity (Wildman–Crippen MR) is 73.3 cm³/mol. The van der Waals surface area contributed by atoms with Crippen LogP contribution in [0.3, 0.4) is 0 Å². The number of amides is 1. The summed E-state index contributed by atoms with van der Waals surface area (Å²) < 4.78 is 6.53. The van der Waals surface area contributed by atoms with Crippen molar-refractivity contribution in [2.45, 2.75) is 45.2 Å². The van der Waals surface area contributed by atoms with Crippen LogP contribution in [-0.2, 0) is 9.53 Å². The third-order valence-electron chi connectivity index (χ3n) is 3.59. The van der Waals surface area contributed by atoms with E-state index in [2.05, 4.69) is 5.10 Å². The van der Waals surface area contributed by atoms with E-state index in [4.69, 9.17) is 4.74 Å². The number of hydrogen-bond acceptors (Lipinski definition) is 4. The largest absolute Gasteiger partial charge is 0.467 e. The quantitative estimate of drug-likeness (QED) is 0.789. The van der Waals surface area contributed by atoms with Gasteiger partial charge in [-0.1, -0.05) is 0 Å². The van der Waals surface area contributed by atoms with E-state index in [0.717, 1.165) is 12.8 Å². The number of methoxy groups -OCH3 is 1. The zero-order valence-electron chi connectivity index (χ0n) is 12.2. The van der Waals surface area contributed by atoms with Crippen molar-refractivity contribution in [2.75, 3.05) is 13.7 Å². The minimum absolute atomic E-state index is 0.195. The summed E-state index contributed by atoms with van der Waals surface area (Å²) in [5.74, 6) is -0.541. The van der Waals surface area contributed by atoms with Gasteiger partial charge in [0.2, 0.25) is 0 Å². The number of piperidine rings is 1. The molecule has 0 N–H and O–H groups in total. The summed E-state index contributed by atoms with van der Waals surface area (Å²) in [7, 11) is 1.35. The maximum atomic E-state index is 12.5. The van der Waals surface area contributed by atoms with Gasteiger partial charge in [0.15, 0.2) is 0 Å². The number of hydrogen-bond donors (Lipinski definition) is 0. The molecule has 6 heteroatoms.